The third kappa shape index (κ3) is 2.49. The average Bonchev–Trinajstić information content (AvgIpc) is 2.86. The van der Waals surface area contributed by atoms with Crippen LogP contribution >= 0.6 is 0 Å². The normalized spacial score (nSPS) is 25.8. The van der Waals surface area contributed by atoms with Crippen LogP contribution in [0, 0.1) is 0 Å². The van der Waals surface area contributed by atoms with E-state index in [0.29, 0.717) is 12.2 Å². The minimum atomic E-state index is -4.61. The SMILES string of the molecule is CCc1noc(CN2CCC(O)(C(F)(F)F)C2)n1. The largest absolute Gasteiger partial charge is 0.418 e. The fraction of sp³-hybridized carbons (Fsp3) is 0.800. The maximum absolute atomic E-state index is 12.6. The van der Waals surface area contributed by atoms with Gasteiger partial charge in [-0.2, -0.15) is 18.2 Å². The van der Waals surface area contributed by atoms with E-state index in [2.05, 4.69) is 10.1 Å². The van der Waals surface area contributed by atoms with E-state index >= 15 is 0 Å². The summed E-state index contributed by atoms with van der Waals surface area (Å²) in [6.45, 7) is 1.68. The summed E-state index contributed by atoms with van der Waals surface area (Å²) in [5.41, 5.74) is -2.62. The third-order valence-electron chi connectivity index (χ3n) is 3.04. The zero-order chi connectivity index (χ0) is 13.4. The first-order valence-electron chi connectivity index (χ1n) is 5.67. The Morgan fingerprint density at radius 1 is 1.50 bits per heavy atom. The molecule has 0 radical (unpaired) electrons. The molecule has 1 N–H and O–H groups in total. The number of hydrogen-bond acceptors (Lipinski definition) is 5. The molecule has 2 heterocycles. The van der Waals surface area contributed by atoms with Crippen molar-refractivity contribution in [1.82, 2.24) is 15.0 Å². The molecule has 1 aromatic rings. The number of aryl methyl sites for hydroxylation is 1. The number of likely N-dealkylation sites (tertiary alicyclic amines) is 1. The molecular formula is C10H14F3N3O2. The van der Waals surface area contributed by atoms with Crippen LogP contribution < -0.4 is 0 Å². The lowest BCUT2D eigenvalue weighted by atomic mass is 10.0. The Morgan fingerprint density at radius 3 is 2.72 bits per heavy atom. The first-order valence-corrected chi connectivity index (χ1v) is 5.67. The van der Waals surface area contributed by atoms with Crippen molar-refractivity contribution >= 4 is 0 Å². The Labute approximate surface area is 102 Å². The second kappa shape index (κ2) is 4.51. The predicted molar refractivity (Wildman–Crippen MR) is 54.6 cm³/mol. The van der Waals surface area contributed by atoms with Crippen molar-refractivity contribution in [2.24, 2.45) is 0 Å². The summed E-state index contributed by atoms with van der Waals surface area (Å²) < 4.78 is 42.7. The van der Waals surface area contributed by atoms with Crippen molar-refractivity contribution in [3.8, 4) is 0 Å². The predicted octanol–water partition coefficient (Wildman–Crippen LogP) is 1.13. The van der Waals surface area contributed by atoms with E-state index in [0.717, 1.165) is 0 Å². The van der Waals surface area contributed by atoms with Gasteiger partial charge < -0.3 is 9.63 Å². The molecule has 1 unspecified atom stereocenters. The van der Waals surface area contributed by atoms with Gasteiger partial charge in [-0.25, -0.2) is 0 Å². The van der Waals surface area contributed by atoms with E-state index in [4.69, 9.17) is 4.52 Å². The van der Waals surface area contributed by atoms with E-state index in [1.165, 1.54) is 4.90 Å². The Hall–Kier alpha value is -1.15. The summed E-state index contributed by atoms with van der Waals surface area (Å²) in [5.74, 6) is 0.800. The van der Waals surface area contributed by atoms with Crippen LogP contribution in [0.2, 0.25) is 0 Å². The highest BCUT2D eigenvalue weighted by Gasteiger charge is 2.57. The van der Waals surface area contributed by atoms with E-state index in [1.807, 2.05) is 6.92 Å². The van der Waals surface area contributed by atoms with Gasteiger partial charge in [0, 0.05) is 19.5 Å². The molecule has 0 aromatic carbocycles. The Balaban J connectivity index is 1.97. The van der Waals surface area contributed by atoms with E-state index in [1.54, 1.807) is 0 Å². The molecule has 1 atom stereocenters. The number of aliphatic hydroxyl groups is 1. The lowest BCUT2D eigenvalue weighted by Gasteiger charge is -2.25. The van der Waals surface area contributed by atoms with Gasteiger partial charge in [0.05, 0.1) is 6.54 Å². The van der Waals surface area contributed by atoms with Gasteiger partial charge in [-0.05, 0) is 6.42 Å². The number of alkyl halides is 3. The molecule has 0 aliphatic carbocycles. The zero-order valence-corrected chi connectivity index (χ0v) is 9.87. The van der Waals surface area contributed by atoms with E-state index < -0.39 is 18.3 Å². The fourth-order valence-corrected chi connectivity index (χ4v) is 1.93. The smallest absolute Gasteiger partial charge is 0.379 e. The highest BCUT2D eigenvalue weighted by atomic mass is 19.4. The standard InChI is InChI=1S/C10H14F3N3O2/c1-2-7-14-8(18-15-7)5-16-4-3-9(17,6-16)10(11,12)13/h17H,2-6H2,1H3. The molecule has 1 aromatic heterocycles. The Bertz CT molecular complexity index is 421. The molecule has 2 rings (SSSR count). The molecule has 18 heavy (non-hydrogen) atoms. The van der Waals surface area contributed by atoms with Crippen molar-refractivity contribution in [2.75, 3.05) is 13.1 Å². The number of aromatic nitrogens is 2. The number of rotatable bonds is 3. The van der Waals surface area contributed by atoms with Crippen LogP contribution in [0.15, 0.2) is 4.52 Å². The van der Waals surface area contributed by atoms with Crippen molar-refractivity contribution in [3.05, 3.63) is 11.7 Å². The van der Waals surface area contributed by atoms with Gasteiger partial charge in [-0.3, -0.25) is 4.90 Å². The zero-order valence-electron chi connectivity index (χ0n) is 9.87. The molecule has 0 amide bonds. The molecule has 102 valence electrons. The molecule has 0 spiro atoms. The molecule has 0 bridgehead atoms. The first kappa shape index (κ1) is 13.3. The summed E-state index contributed by atoms with van der Waals surface area (Å²) in [4.78, 5) is 5.48. The van der Waals surface area contributed by atoms with Crippen LogP contribution in [0.4, 0.5) is 13.2 Å². The van der Waals surface area contributed by atoms with Crippen LogP contribution in [0.5, 0.6) is 0 Å². The molecule has 0 saturated carbocycles. The summed E-state index contributed by atoms with van der Waals surface area (Å²) in [6.07, 6.45) is -4.33. The highest BCUT2D eigenvalue weighted by Crippen LogP contribution is 2.37. The first-order chi connectivity index (χ1) is 8.34. The molecule has 1 fully saturated rings. The van der Waals surface area contributed by atoms with Crippen LogP contribution in [0.1, 0.15) is 25.1 Å². The van der Waals surface area contributed by atoms with Gasteiger partial charge in [0.2, 0.25) is 5.89 Å². The summed E-state index contributed by atoms with van der Waals surface area (Å²) in [6, 6.07) is 0. The lowest BCUT2D eigenvalue weighted by molar-refractivity contribution is -0.254. The molecule has 8 heteroatoms. The second-order valence-electron chi connectivity index (χ2n) is 4.45. The van der Waals surface area contributed by atoms with Crippen molar-refractivity contribution in [1.29, 1.82) is 0 Å². The number of nitrogens with zero attached hydrogens (tertiary/aromatic N) is 3. The Kier molecular flexibility index (Phi) is 3.33. The molecule has 1 aliphatic heterocycles. The van der Waals surface area contributed by atoms with Crippen LogP contribution in [-0.4, -0.2) is 45.0 Å². The number of β-amino-alcohol motifs (C(OH)–C–C–N with tert-alkyl or cyclic N) is 1. The van der Waals surface area contributed by atoms with Crippen molar-refractivity contribution in [2.45, 2.75) is 38.1 Å². The maximum atomic E-state index is 12.6. The van der Waals surface area contributed by atoms with Crippen molar-refractivity contribution in [3.63, 3.8) is 0 Å². The minimum absolute atomic E-state index is 0.130. The average molecular weight is 265 g/mol. The molecular weight excluding hydrogens is 251 g/mol. The topological polar surface area (TPSA) is 62.4 Å². The summed E-state index contributed by atoms with van der Waals surface area (Å²) >= 11 is 0. The number of halogens is 3. The van der Waals surface area contributed by atoms with Gasteiger partial charge in [-0.1, -0.05) is 12.1 Å². The lowest BCUT2D eigenvalue weighted by Crippen LogP contribution is -2.47. The molecule has 1 saturated heterocycles. The van der Waals surface area contributed by atoms with E-state index in [9.17, 15) is 18.3 Å². The summed E-state index contributed by atoms with van der Waals surface area (Å²) in [5, 5.41) is 13.2. The highest BCUT2D eigenvalue weighted by molar-refractivity contribution is 4.97. The quantitative estimate of drug-likeness (QED) is 0.887. The van der Waals surface area contributed by atoms with Crippen LogP contribution in [-0.2, 0) is 13.0 Å². The van der Waals surface area contributed by atoms with Gasteiger partial charge in [-0.15, -0.1) is 0 Å². The third-order valence-corrected chi connectivity index (χ3v) is 3.04. The summed E-state index contributed by atoms with van der Waals surface area (Å²) in [7, 11) is 0. The van der Waals surface area contributed by atoms with Gasteiger partial charge in [0.15, 0.2) is 11.4 Å². The van der Waals surface area contributed by atoms with Gasteiger partial charge in [0.1, 0.15) is 0 Å². The van der Waals surface area contributed by atoms with Gasteiger partial charge >= 0.3 is 6.18 Å². The fourth-order valence-electron chi connectivity index (χ4n) is 1.93. The monoisotopic (exact) mass is 265 g/mol. The second-order valence-corrected chi connectivity index (χ2v) is 4.45. The van der Waals surface area contributed by atoms with Crippen LogP contribution in [0.25, 0.3) is 0 Å². The van der Waals surface area contributed by atoms with E-state index in [-0.39, 0.29) is 25.4 Å². The maximum Gasteiger partial charge on any atom is 0.418 e. The van der Waals surface area contributed by atoms with Crippen LogP contribution in [0.3, 0.4) is 0 Å². The van der Waals surface area contributed by atoms with Crippen molar-refractivity contribution < 1.29 is 22.8 Å². The van der Waals surface area contributed by atoms with Gasteiger partial charge in [0.25, 0.3) is 0 Å². The Morgan fingerprint density at radius 2 is 2.22 bits per heavy atom. The molecule has 1 aliphatic rings. The molecule has 5 nitrogen and oxygen atoms in total. The number of hydrogen-bond donors (Lipinski definition) is 1. The minimum Gasteiger partial charge on any atom is -0.379 e.